The van der Waals surface area contributed by atoms with E-state index in [2.05, 4.69) is 45.9 Å². The van der Waals surface area contributed by atoms with E-state index < -0.39 is 0 Å². The summed E-state index contributed by atoms with van der Waals surface area (Å²) in [6, 6.07) is 15.4. The molecule has 0 heterocycles. The van der Waals surface area contributed by atoms with Gasteiger partial charge in [-0.15, -0.1) is 6.42 Å². The zero-order valence-electron chi connectivity index (χ0n) is 15.2. The maximum absolute atomic E-state index is 12.1. The molecule has 0 saturated carbocycles. The summed E-state index contributed by atoms with van der Waals surface area (Å²) in [6.45, 7) is 5.40. The molecule has 0 saturated heterocycles. The van der Waals surface area contributed by atoms with Crippen LogP contribution in [0, 0.1) is 19.3 Å². The molecule has 0 spiro atoms. The molecule has 0 atom stereocenters. The van der Waals surface area contributed by atoms with E-state index >= 15 is 0 Å². The number of benzene rings is 2. The van der Waals surface area contributed by atoms with Crippen LogP contribution in [-0.2, 0) is 11.3 Å². The number of aliphatic imine (C=N–C) groups is 1. The van der Waals surface area contributed by atoms with Gasteiger partial charge in [-0.25, -0.2) is 4.99 Å². The van der Waals surface area contributed by atoms with Crippen molar-refractivity contribution in [3.63, 3.8) is 0 Å². The van der Waals surface area contributed by atoms with Gasteiger partial charge in [0.25, 0.3) is 0 Å². The highest BCUT2D eigenvalue weighted by Gasteiger charge is 2.05. The van der Waals surface area contributed by atoms with Crippen LogP contribution in [0.4, 0.5) is 5.69 Å². The quantitative estimate of drug-likeness (QED) is 0.427. The van der Waals surface area contributed by atoms with Crippen molar-refractivity contribution in [3.8, 4) is 12.3 Å². The fraction of sp³-hybridized carbons (Fsp3) is 0.238. The fourth-order valence-electron chi connectivity index (χ4n) is 2.26. The van der Waals surface area contributed by atoms with Gasteiger partial charge in [-0.3, -0.25) is 4.79 Å². The van der Waals surface area contributed by atoms with Crippen LogP contribution in [-0.4, -0.2) is 25.0 Å². The Kier molecular flexibility index (Phi) is 7.26. The van der Waals surface area contributed by atoms with Gasteiger partial charge in [0, 0.05) is 17.8 Å². The van der Waals surface area contributed by atoms with Gasteiger partial charge in [0.2, 0.25) is 5.91 Å². The molecule has 2 aromatic carbocycles. The molecule has 5 heteroatoms. The first kappa shape index (κ1) is 19.1. The second-order valence-electron chi connectivity index (χ2n) is 5.81. The van der Waals surface area contributed by atoms with Gasteiger partial charge in [0.15, 0.2) is 5.96 Å². The van der Waals surface area contributed by atoms with E-state index in [-0.39, 0.29) is 12.5 Å². The maximum Gasteiger partial charge on any atom is 0.243 e. The molecule has 2 aromatic rings. The van der Waals surface area contributed by atoms with Crippen LogP contribution in [0.15, 0.2) is 53.5 Å². The van der Waals surface area contributed by atoms with Crippen LogP contribution < -0.4 is 16.0 Å². The number of nitrogens with one attached hydrogen (secondary N) is 3. The number of anilines is 1. The smallest absolute Gasteiger partial charge is 0.243 e. The Labute approximate surface area is 154 Å². The highest BCUT2D eigenvalue weighted by molar-refractivity contribution is 5.95. The highest BCUT2D eigenvalue weighted by atomic mass is 16.1. The fourth-order valence-corrected chi connectivity index (χ4v) is 2.26. The lowest BCUT2D eigenvalue weighted by molar-refractivity contribution is -0.115. The Morgan fingerprint density at radius 2 is 1.92 bits per heavy atom. The van der Waals surface area contributed by atoms with Gasteiger partial charge in [0.1, 0.15) is 0 Å². The third-order valence-corrected chi connectivity index (χ3v) is 3.61. The first-order chi connectivity index (χ1) is 12.6. The number of terminal acetylenes is 1. The monoisotopic (exact) mass is 348 g/mol. The number of hydrogen-bond acceptors (Lipinski definition) is 2. The Hall–Kier alpha value is -3.26. The van der Waals surface area contributed by atoms with Gasteiger partial charge in [0.05, 0.1) is 13.1 Å². The predicted molar refractivity (Wildman–Crippen MR) is 107 cm³/mol. The van der Waals surface area contributed by atoms with Crippen LogP contribution in [0.5, 0.6) is 0 Å². The summed E-state index contributed by atoms with van der Waals surface area (Å²) >= 11 is 0. The molecule has 134 valence electrons. The molecule has 0 aromatic heterocycles. The van der Waals surface area contributed by atoms with Gasteiger partial charge in [-0.2, -0.15) is 0 Å². The minimum atomic E-state index is -0.167. The van der Waals surface area contributed by atoms with E-state index in [1.807, 2.05) is 31.2 Å². The zero-order chi connectivity index (χ0) is 18.8. The van der Waals surface area contributed by atoms with E-state index in [1.165, 1.54) is 5.56 Å². The average molecular weight is 348 g/mol. The summed E-state index contributed by atoms with van der Waals surface area (Å²) < 4.78 is 0. The van der Waals surface area contributed by atoms with Gasteiger partial charge in [-0.1, -0.05) is 41.8 Å². The van der Waals surface area contributed by atoms with Crippen molar-refractivity contribution < 1.29 is 4.79 Å². The average Bonchev–Trinajstić information content (AvgIpc) is 2.65. The molecule has 0 bridgehead atoms. The topological polar surface area (TPSA) is 65.5 Å². The molecule has 0 radical (unpaired) electrons. The van der Waals surface area contributed by atoms with Crippen LogP contribution in [0.1, 0.15) is 23.6 Å². The molecule has 1 amide bonds. The SMILES string of the molecule is C#Cc1cccc(NC(=O)CNC(=NCc2ccc(C)cc2)NCC)c1. The summed E-state index contributed by atoms with van der Waals surface area (Å²) in [7, 11) is 0. The van der Waals surface area contributed by atoms with Gasteiger partial charge < -0.3 is 16.0 Å². The van der Waals surface area contributed by atoms with Crippen molar-refractivity contribution in [2.75, 3.05) is 18.4 Å². The third-order valence-electron chi connectivity index (χ3n) is 3.61. The number of carbonyl (C=O) groups excluding carboxylic acids is 1. The standard InChI is InChI=1S/C21H24N4O/c1-4-17-7-6-8-19(13-17)25-20(26)15-24-21(22-5-2)23-14-18-11-9-16(3)10-12-18/h1,6-13H,5,14-15H2,2-3H3,(H,25,26)(H2,22,23,24). The van der Waals surface area contributed by atoms with Crippen molar-refractivity contribution in [1.29, 1.82) is 0 Å². The lowest BCUT2D eigenvalue weighted by atomic mass is 10.1. The van der Waals surface area contributed by atoms with Gasteiger partial charge in [-0.05, 0) is 37.6 Å². The molecule has 2 rings (SSSR count). The Balaban J connectivity index is 1.90. The van der Waals surface area contributed by atoms with Crippen molar-refractivity contribution in [3.05, 3.63) is 65.2 Å². The number of carbonyl (C=O) groups is 1. The number of nitrogens with zero attached hydrogens (tertiary/aromatic N) is 1. The second kappa shape index (κ2) is 9.90. The molecule has 0 aliphatic heterocycles. The molecule has 0 unspecified atom stereocenters. The van der Waals surface area contributed by atoms with Crippen LogP contribution in [0.2, 0.25) is 0 Å². The van der Waals surface area contributed by atoms with Crippen molar-refractivity contribution in [2.24, 2.45) is 4.99 Å². The van der Waals surface area contributed by atoms with E-state index in [9.17, 15) is 4.79 Å². The summed E-state index contributed by atoms with van der Waals surface area (Å²) in [4.78, 5) is 16.6. The molecule has 26 heavy (non-hydrogen) atoms. The zero-order valence-corrected chi connectivity index (χ0v) is 15.2. The van der Waals surface area contributed by atoms with E-state index in [1.54, 1.807) is 12.1 Å². The Morgan fingerprint density at radius 1 is 1.15 bits per heavy atom. The molecule has 0 fully saturated rings. The lowest BCUT2D eigenvalue weighted by Gasteiger charge is -2.12. The van der Waals surface area contributed by atoms with Crippen LogP contribution in [0.3, 0.4) is 0 Å². The number of hydrogen-bond donors (Lipinski definition) is 3. The molecule has 0 aliphatic carbocycles. The highest BCUT2D eigenvalue weighted by Crippen LogP contribution is 2.09. The molecule has 3 N–H and O–H groups in total. The van der Waals surface area contributed by atoms with Crippen molar-refractivity contribution in [2.45, 2.75) is 20.4 Å². The minimum absolute atomic E-state index is 0.111. The second-order valence-corrected chi connectivity index (χ2v) is 5.81. The number of rotatable bonds is 6. The normalized spacial score (nSPS) is 10.7. The summed E-state index contributed by atoms with van der Waals surface area (Å²) in [6.07, 6.45) is 5.37. The molecular formula is C21H24N4O. The summed E-state index contributed by atoms with van der Waals surface area (Å²) in [5.74, 6) is 2.98. The third kappa shape index (κ3) is 6.33. The molecule has 0 aliphatic rings. The number of amides is 1. The van der Waals surface area contributed by atoms with E-state index in [4.69, 9.17) is 6.42 Å². The maximum atomic E-state index is 12.1. The molecular weight excluding hydrogens is 324 g/mol. The van der Waals surface area contributed by atoms with Crippen LogP contribution in [0.25, 0.3) is 0 Å². The lowest BCUT2D eigenvalue weighted by Crippen LogP contribution is -2.41. The van der Waals surface area contributed by atoms with E-state index in [0.29, 0.717) is 24.7 Å². The summed E-state index contributed by atoms with van der Waals surface area (Å²) in [5.41, 5.74) is 3.73. The number of guanidine groups is 1. The minimum Gasteiger partial charge on any atom is -0.357 e. The largest absolute Gasteiger partial charge is 0.357 e. The first-order valence-electron chi connectivity index (χ1n) is 8.55. The molecule has 5 nitrogen and oxygen atoms in total. The number of aryl methyl sites for hydroxylation is 1. The first-order valence-corrected chi connectivity index (χ1v) is 8.55. The van der Waals surface area contributed by atoms with Gasteiger partial charge >= 0.3 is 0 Å². The van der Waals surface area contributed by atoms with Crippen LogP contribution >= 0.6 is 0 Å². The Morgan fingerprint density at radius 3 is 2.62 bits per heavy atom. The Bertz CT molecular complexity index is 804. The summed E-state index contributed by atoms with van der Waals surface area (Å²) in [5, 5.41) is 8.99. The van der Waals surface area contributed by atoms with E-state index in [0.717, 1.165) is 11.1 Å². The predicted octanol–water partition coefficient (Wildman–Crippen LogP) is 2.67. The van der Waals surface area contributed by atoms with Crippen molar-refractivity contribution >= 4 is 17.6 Å². The van der Waals surface area contributed by atoms with Crippen molar-refractivity contribution in [1.82, 2.24) is 10.6 Å².